The summed E-state index contributed by atoms with van der Waals surface area (Å²) in [5, 5.41) is 6.48. The molecule has 0 saturated heterocycles. The molecule has 0 saturated carbocycles. The third-order valence-electron chi connectivity index (χ3n) is 6.28. The van der Waals surface area contributed by atoms with Crippen molar-refractivity contribution in [1.29, 1.82) is 0 Å². The standard InChI is InChI=1S/C28H25N3O4S/c1-35-24-16-14-23(15-17-24)31(36(33,34)25-7-3-2-4-8-25)19-27(32)30-29-18-22-13-12-21-11-10-20-6-5-9-26(22)28(20)21/h2-9,12-18H,10-11,19H2,1H3,(H,30,32)/b29-18-. The van der Waals surface area contributed by atoms with Gasteiger partial charge in [0.15, 0.2) is 0 Å². The topological polar surface area (TPSA) is 88.1 Å². The van der Waals surface area contributed by atoms with Crippen LogP contribution in [0.1, 0.15) is 16.7 Å². The summed E-state index contributed by atoms with van der Waals surface area (Å²) >= 11 is 0. The Morgan fingerprint density at radius 2 is 1.67 bits per heavy atom. The van der Waals surface area contributed by atoms with E-state index in [-0.39, 0.29) is 4.90 Å². The van der Waals surface area contributed by atoms with Gasteiger partial charge in [-0.25, -0.2) is 13.8 Å². The number of nitrogens with one attached hydrogen (secondary N) is 1. The Hall–Kier alpha value is -4.17. The van der Waals surface area contributed by atoms with Gasteiger partial charge in [0.2, 0.25) is 0 Å². The Morgan fingerprint density at radius 1 is 0.944 bits per heavy atom. The van der Waals surface area contributed by atoms with Crippen molar-refractivity contribution in [3.8, 4) is 5.75 Å². The van der Waals surface area contributed by atoms with Gasteiger partial charge in [-0.2, -0.15) is 5.10 Å². The fraction of sp³-hybridized carbons (Fsp3) is 0.143. The molecule has 0 aliphatic heterocycles. The molecular weight excluding hydrogens is 474 g/mol. The fourth-order valence-corrected chi connectivity index (χ4v) is 5.95. The first-order valence-corrected chi connectivity index (χ1v) is 13.0. The highest BCUT2D eigenvalue weighted by atomic mass is 32.2. The van der Waals surface area contributed by atoms with E-state index >= 15 is 0 Å². The van der Waals surface area contributed by atoms with Crippen LogP contribution in [0.15, 0.2) is 94.9 Å². The number of nitrogens with zero attached hydrogens (tertiary/aromatic N) is 2. The summed E-state index contributed by atoms with van der Waals surface area (Å²) in [6, 6.07) is 24.8. The third-order valence-corrected chi connectivity index (χ3v) is 8.07. The number of methoxy groups -OCH3 is 1. The summed E-state index contributed by atoms with van der Waals surface area (Å²) in [4.78, 5) is 12.9. The highest BCUT2D eigenvalue weighted by molar-refractivity contribution is 7.92. The summed E-state index contributed by atoms with van der Waals surface area (Å²) in [6.45, 7) is -0.440. The van der Waals surface area contributed by atoms with E-state index in [1.54, 1.807) is 48.7 Å². The van der Waals surface area contributed by atoms with Crippen LogP contribution in [-0.4, -0.2) is 34.2 Å². The van der Waals surface area contributed by atoms with E-state index in [0.29, 0.717) is 11.4 Å². The van der Waals surface area contributed by atoms with Crippen LogP contribution >= 0.6 is 0 Å². The van der Waals surface area contributed by atoms with Gasteiger partial charge in [-0.1, -0.05) is 48.5 Å². The lowest BCUT2D eigenvalue weighted by molar-refractivity contribution is -0.119. The molecule has 4 aromatic rings. The van der Waals surface area contributed by atoms with Crippen LogP contribution in [0.3, 0.4) is 0 Å². The number of hydrazone groups is 1. The first kappa shape index (κ1) is 23.6. The van der Waals surface area contributed by atoms with Gasteiger partial charge in [0.25, 0.3) is 15.9 Å². The second-order valence-electron chi connectivity index (χ2n) is 8.47. The van der Waals surface area contributed by atoms with E-state index < -0.39 is 22.5 Å². The molecule has 1 N–H and O–H groups in total. The van der Waals surface area contributed by atoms with Gasteiger partial charge < -0.3 is 4.74 Å². The lowest BCUT2D eigenvalue weighted by Crippen LogP contribution is -2.39. The lowest BCUT2D eigenvalue weighted by Gasteiger charge is -2.23. The number of carbonyl (C=O) groups is 1. The Bertz CT molecular complexity index is 1540. The molecule has 36 heavy (non-hydrogen) atoms. The first-order chi connectivity index (χ1) is 17.5. The predicted molar refractivity (Wildman–Crippen MR) is 141 cm³/mol. The molecule has 7 nitrogen and oxygen atoms in total. The molecule has 0 heterocycles. The van der Waals surface area contributed by atoms with Crippen LogP contribution in [0.4, 0.5) is 5.69 Å². The SMILES string of the molecule is COc1ccc(N(CC(=O)N/N=C\c2ccc3c4c(cccc24)CC3)S(=O)(=O)c2ccccc2)cc1. The zero-order chi connectivity index (χ0) is 25.1. The van der Waals surface area contributed by atoms with Gasteiger partial charge in [0.05, 0.1) is 23.9 Å². The predicted octanol–water partition coefficient (Wildman–Crippen LogP) is 4.29. The van der Waals surface area contributed by atoms with Crippen molar-refractivity contribution < 1.29 is 17.9 Å². The molecule has 0 aromatic heterocycles. The maximum Gasteiger partial charge on any atom is 0.264 e. The number of ether oxygens (including phenoxy) is 1. The minimum atomic E-state index is -4.00. The number of sulfonamides is 1. The molecule has 0 fully saturated rings. The van der Waals surface area contributed by atoms with Crippen molar-refractivity contribution in [2.45, 2.75) is 17.7 Å². The number of rotatable bonds is 8. The number of hydrogen-bond donors (Lipinski definition) is 1. The second kappa shape index (κ2) is 9.83. The van der Waals surface area contributed by atoms with E-state index in [9.17, 15) is 13.2 Å². The summed E-state index contributed by atoms with van der Waals surface area (Å²) in [7, 11) is -2.47. The fourth-order valence-electron chi connectivity index (χ4n) is 4.50. The molecule has 1 amide bonds. The van der Waals surface area contributed by atoms with E-state index in [0.717, 1.165) is 28.1 Å². The normalized spacial score (nSPS) is 12.7. The Labute approximate surface area is 210 Å². The molecule has 4 aromatic carbocycles. The van der Waals surface area contributed by atoms with Crippen LogP contribution in [0.2, 0.25) is 0 Å². The summed E-state index contributed by atoms with van der Waals surface area (Å²) in [5.74, 6) is 0.0164. The Kier molecular flexibility index (Phi) is 6.43. The van der Waals surface area contributed by atoms with Crippen LogP contribution in [-0.2, 0) is 27.7 Å². The van der Waals surface area contributed by atoms with E-state index in [2.05, 4.69) is 28.7 Å². The van der Waals surface area contributed by atoms with Crippen molar-refractivity contribution in [1.82, 2.24) is 5.43 Å². The molecular formula is C28H25N3O4S. The van der Waals surface area contributed by atoms with Gasteiger partial charge in [0.1, 0.15) is 12.3 Å². The molecule has 0 spiro atoms. The number of carbonyl (C=O) groups excluding carboxylic acids is 1. The van der Waals surface area contributed by atoms with Crippen LogP contribution < -0.4 is 14.5 Å². The third kappa shape index (κ3) is 4.55. The van der Waals surface area contributed by atoms with Gasteiger partial charge in [0, 0.05) is 5.56 Å². The van der Waals surface area contributed by atoms with Crippen LogP contribution in [0, 0.1) is 0 Å². The minimum Gasteiger partial charge on any atom is -0.497 e. The average molecular weight is 500 g/mol. The van der Waals surface area contributed by atoms with Gasteiger partial charge >= 0.3 is 0 Å². The van der Waals surface area contributed by atoms with Crippen molar-refractivity contribution in [3.63, 3.8) is 0 Å². The molecule has 0 atom stereocenters. The molecule has 182 valence electrons. The van der Waals surface area contributed by atoms with Crippen molar-refractivity contribution in [2.75, 3.05) is 18.0 Å². The zero-order valence-electron chi connectivity index (χ0n) is 19.7. The average Bonchev–Trinajstić information content (AvgIpc) is 3.34. The van der Waals surface area contributed by atoms with E-state index in [4.69, 9.17) is 4.74 Å². The van der Waals surface area contributed by atoms with Gasteiger partial charge in [-0.15, -0.1) is 0 Å². The van der Waals surface area contributed by atoms with Gasteiger partial charge in [-0.05, 0) is 71.1 Å². The second-order valence-corrected chi connectivity index (χ2v) is 10.3. The molecule has 0 unspecified atom stereocenters. The van der Waals surface area contributed by atoms with Crippen LogP contribution in [0.5, 0.6) is 5.75 Å². The molecule has 1 aliphatic carbocycles. The molecule has 0 bridgehead atoms. The summed E-state index contributed by atoms with van der Waals surface area (Å²) in [6.07, 6.45) is 3.66. The Balaban J connectivity index is 1.38. The van der Waals surface area contributed by atoms with Crippen molar-refractivity contribution >= 4 is 38.6 Å². The summed E-state index contributed by atoms with van der Waals surface area (Å²) < 4.78 is 33.1. The zero-order valence-corrected chi connectivity index (χ0v) is 20.5. The number of amides is 1. The summed E-state index contributed by atoms with van der Waals surface area (Å²) in [5.41, 5.74) is 6.36. The number of benzene rings is 4. The monoisotopic (exact) mass is 499 g/mol. The maximum atomic E-state index is 13.4. The smallest absolute Gasteiger partial charge is 0.264 e. The molecule has 5 rings (SSSR count). The quantitative estimate of drug-likeness (QED) is 0.289. The largest absolute Gasteiger partial charge is 0.497 e. The number of aryl methyl sites for hydroxylation is 2. The van der Waals surface area contributed by atoms with Crippen LogP contribution in [0.25, 0.3) is 10.8 Å². The maximum absolute atomic E-state index is 13.4. The highest BCUT2D eigenvalue weighted by Gasteiger charge is 2.27. The van der Waals surface area contributed by atoms with Gasteiger partial charge in [-0.3, -0.25) is 9.10 Å². The Morgan fingerprint density at radius 3 is 2.39 bits per heavy atom. The number of hydrogen-bond acceptors (Lipinski definition) is 5. The number of anilines is 1. The first-order valence-electron chi connectivity index (χ1n) is 11.5. The molecule has 8 heteroatoms. The van der Waals surface area contributed by atoms with Crippen molar-refractivity contribution in [2.24, 2.45) is 5.10 Å². The molecule has 1 aliphatic rings. The lowest BCUT2D eigenvalue weighted by atomic mass is 10.0. The van der Waals surface area contributed by atoms with E-state index in [1.165, 1.54) is 35.8 Å². The van der Waals surface area contributed by atoms with E-state index in [1.807, 2.05) is 12.1 Å². The highest BCUT2D eigenvalue weighted by Crippen LogP contribution is 2.32. The van der Waals surface area contributed by atoms with Crippen molar-refractivity contribution in [3.05, 3.63) is 102 Å². The molecule has 0 radical (unpaired) electrons. The minimum absolute atomic E-state index is 0.0880.